The predicted molar refractivity (Wildman–Crippen MR) is 123 cm³/mol. The maximum absolute atomic E-state index is 5.86. The highest BCUT2D eigenvalue weighted by Crippen LogP contribution is 2.52. The first kappa shape index (κ1) is 19.4. The summed E-state index contributed by atoms with van der Waals surface area (Å²) in [5.41, 5.74) is 11.6. The molecule has 0 bridgehead atoms. The molecule has 0 aromatic heterocycles. The van der Waals surface area contributed by atoms with Crippen molar-refractivity contribution in [3.05, 3.63) is 81.9 Å². The molecule has 3 heteroatoms. The normalized spacial score (nSPS) is 15.0. The van der Waals surface area contributed by atoms with Gasteiger partial charge in [0.1, 0.15) is 5.75 Å². The molecule has 0 radical (unpaired) electrons. The molecule has 3 aromatic carbocycles. The highest BCUT2D eigenvalue weighted by Gasteiger charge is 2.34. The van der Waals surface area contributed by atoms with E-state index in [0.29, 0.717) is 0 Å². The monoisotopic (exact) mass is 386 g/mol. The topological polar surface area (TPSA) is 15.7 Å². The van der Waals surface area contributed by atoms with E-state index >= 15 is 0 Å². The van der Waals surface area contributed by atoms with Crippen molar-refractivity contribution < 1.29 is 4.74 Å². The molecule has 0 amide bonds. The van der Waals surface area contributed by atoms with E-state index in [2.05, 4.69) is 100 Å². The molecule has 0 saturated carbocycles. The van der Waals surface area contributed by atoms with Crippen molar-refractivity contribution in [3.8, 4) is 5.75 Å². The fourth-order valence-corrected chi connectivity index (χ4v) is 4.87. The van der Waals surface area contributed by atoms with Crippen LogP contribution < -0.4 is 14.5 Å². The fourth-order valence-electron chi connectivity index (χ4n) is 4.87. The van der Waals surface area contributed by atoms with Gasteiger partial charge in [0.15, 0.2) is 0 Å². The van der Waals surface area contributed by atoms with Crippen LogP contribution in [-0.2, 0) is 0 Å². The van der Waals surface area contributed by atoms with Gasteiger partial charge in [-0.05, 0) is 67.3 Å². The molecule has 4 rings (SSSR count). The first-order valence-electron chi connectivity index (χ1n) is 10.1. The number of benzene rings is 3. The second-order valence-electron chi connectivity index (χ2n) is 8.34. The largest absolute Gasteiger partial charge is 0.496 e. The van der Waals surface area contributed by atoms with Crippen LogP contribution in [0.5, 0.6) is 5.75 Å². The Hall–Kier alpha value is -2.94. The Kier molecular flexibility index (Phi) is 4.77. The maximum atomic E-state index is 5.86. The highest BCUT2D eigenvalue weighted by atomic mass is 16.5. The molecule has 3 nitrogen and oxygen atoms in total. The number of hydrogen-bond donors (Lipinski definition) is 0. The van der Waals surface area contributed by atoms with Gasteiger partial charge in [-0.2, -0.15) is 0 Å². The van der Waals surface area contributed by atoms with Crippen molar-refractivity contribution in [3.63, 3.8) is 0 Å². The smallest absolute Gasteiger partial charge is 0.125 e. The van der Waals surface area contributed by atoms with Gasteiger partial charge >= 0.3 is 0 Å². The van der Waals surface area contributed by atoms with Gasteiger partial charge in [0.2, 0.25) is 0 Å². The maximum Gasteiger partial charge on any atom is 0.125 e. The van der Waals surface area contributed by atoms with Crippen LogP contribution in [0.3, 0.4) is 0 Å². The van der Waals surface area contributed by atoms with Gasteiger partial charge in [-0.3, -0.25) is 0 Å². The van der Waals surface area contributed by atoms with Crippen molar-refractivity contribution >= 4 is 17.1 Å². The first-order valence-corrected chi connectivity index (χ1v) is 10.1. The third kappa shape index (κ3) is 3.05. The Balaban J connectivity index is 2.07. The van der Waals surface area contributed by atoms with E-state index in [0.717, 1.165) is 5.75 Å². The Bertz CT molecular complexity index is 1060. The SMILES string of the molecule is COc1cccc2c1C(c1c(C)cc(C)cc1C)c1ccc(N(C)C)cc1N2C. The van der Waals surface area contributed by atoms with Gasteiger partial charge < -0.3 is 14.5 Å². The summed E-state index contributed by atoms with van der Waals surface area (Å²) in [6, 6.07) is 17.8. The second-order valence-corrected chi connectivity index (χ2v) is 8.34. The summed E-state index contributed by atoms with van der Waals surface area (Å²) in [5, 5.41) is 0. The van der Waals surface area contributed by atoms with Crippen LogP contribution >= 0.6 is 0 Å². The summed E-state index contributed by atoms with van der Waals surface area (Å²) in [4.78, 5) is 4.46. The lowest BCUT2D eigenvalue weighted by molar-refractivity contribution is 0.409. The quantitative estimate of drug-likeness (QED) is 0.553. The summed E-state index contributed by atoms with van der Waals surface area (Å²) < 4.78 is 5.86. The number of anilines is 3. The van der Waals surface area contributed by atoms with Gasteiger partial charge in [0.25, 0.3) is 0 Å². The summed E-state index contributed by atoms with van der Waals surface area (Å²) in [6.45, 7) is 6.64. The Morgan fingerprint density at radius 1 is 0.862 bits per heavy atom. The molecule has 150 valence electrons. The van der Waals surface area contributed by atoms with Gasteiger partial charge in [0, 0.05) is 49.7 Å². The molecular formula is C26H30N2O. The van der Waals surface area contributed by atoms with E-state index in [-0.39, 0.29) is 5.92 Å². The minimum atomic E-state index is 0.143. The molecular weight excluding hydrogens is 356 g/mol. The number of ether oxygens (including phenoxy) is 1. The molecule has 0 saturated heterocycles. The van der Waals surface area contributed by atoms with E-state index in [1.807, 2.05) is 0 Å². The lowest BCUT2D eigenvalue weighted by atomic mass is 9.76. The van der Waals surface area contributed by atoms with E-state index in [1.165, 1.54) is 50.4 Å². The summed E-state index contributed by atoms with van der Waals surface area (Å²) in [7, 11) is 8.11. The van der Waals surface area contributed by atoms with Crippen LogP contribution in [0.4, 0.5) is 17.1 Å². The summed E-state index contributed by atoms with van der Waals surface area (Å²) >= 11 is 0. The molecule has 1 heterocycles. The molecule has 0 aliphatic carbocycles. The number of methoxy groups -OCH3 is 1. The lowest BCUT2D eigenvalue weighted by Crippen LogP contribution is -2.24. The average Bonchev–Trinajstić information content (AvgIpc) is 2.68. The molecule has 1 aliphatic rings. The van der Waals surface area contributed by atoms with Crippen molar-refractivity contribution in [1.82, 2.24) is 0 Å². The number of aryl methyl sites for hydroxylation is 3. The van der Waals surface area contributed by atoms with E-state index in [9.17, 15) is 0 Å². The standard InChI is InChI=1S/C26H30N2O/c1-16-13-17(2)24(18(3)14-16)25-20-12-11-19(27(4)5)15-22(20)28(6)21-9-8-10-23(29-7)26(21)25/h8-15,25H,1-7H3. The second kappa shape index (κ2) is 7.14. The van der Waals surface area contributed by atoms with E-state index in [1.54, 1.807) is 7.11 Å². The molecule has 0 N–H and O–H groups in total. The molecule has 3 aromatic rings. The third-order valence-electron chi connectivity index (χ3n) is 6.14. The Labute approximate surface area is 174 Å². The van der Waals surface area contributed by atoms with Gasteiger partial charge in [-0.25, -0.2) is 0 Å². The predicted octanol–water partition coefficient (Wildman–Crippen LogP) is 5.95. The fraction of sp³-hybridized carbons (Fsp3) is 0.308. The van der Waals surface area contributed by atoms with Crippen LogP contribution in [0.2, 0.25) is 0 Å². The van der Waals surface area contributed by atoms with E-state index < -0.39 is 0 Å². The molecule has 1 atom stereocenters. The van der Waals surface area contributed by atoms with Gasteiger partial charge in [-0.1, -0.05) is 29.8 Å². The van der Waals surface area contributed by atoms with Crippen LogP contribution in [0.15, 0.2) is 48.5 Å². The van der Waals surface area contributed by atoms with Crippen LogP contribution in [-0.4, -0.2) is 28.3 Å². The average molecular weight is 387 g/mol. The zero-order valence-corrected chi connectivity index (χ0v) is 18.5. The van der Waals surface area contributed by atoms with Gasteiger partial charge in [0.05, 0.1) is 7.11 Å². The van der Waals surface area contributed by atoms with Crippen molar-refractivity contribution in [2.45, 2.75) is 26.7 Å². The van der Waals surface area contributed by atoms with Crippen molar-refractivity contribution in [2.75, 3.05) is 38.1 Å². The van der Waals surface area contributed by atoms with Crippen LogP contribution in [0.25, 0.3) is 0 Å². The van der Waals surface area contributed by atoms with Crippen LogP contribution in [0, 0.1) is 20.8 Å². The molecule has 1 unspecified atom stereocenters. The zero-order valence-electron chi connectivity index (χ0n) is 18.5. The number of rotatable bonds is 3. The third-order valence-corrected chi connectivity index (χ3v) is 6.14. The molecule has 1 aliphatic heterocycles. The molecule has 29 heavy (non-hydrogen) atoms. The summed E-state index contributed by atoms with van der Waals surface area (Å²) in [6.07, 6.45) is 0. The van der Waals surface area contributed by atoms with Crippen molar-refractivity contribution in [2.24, 2.45) is 0 Å². The number of hydrogen-bond acceptors (Lipinski definition) is 3. The van der Waals surface area contributed by atoms with Crippen LogP contribution in [0.1, 0.15) is 39.3 Å². The summed E-state index contributed by atoms with van der Waals surface area (Å²) in [5.74, 6) is 1.09. The van der Waals surface area contributed by atoms with E-state index in [4.69, 9.17) is 4.74 Å². The van der Waals surface area contributed by atoms with Gasteiger partial charge in [-0.15, -0.1) is 0 Å². The van der Waals surface area contributed by atoms with Crippen molar-refractivity contribution in [1.29, 1.82) is 0 Å². The Morgan fingerprint density at radius 2 is 1.55 bits per heavy atom. The lowest BCUT2D eigenvalue weighted by Gasteiger charge is -2.38. The Morgan fingerprint density at radius 3 is 2.17 bits per heavy atom. The molecule has 0 fully saturated rings. The minimum absolute atomic E-state index is 0.143. The minimum Gasteiger partial charge on any atom is -0.496 e. The first-order chi connectivity index (χ1) is 13.8. The number of fused-ring (bicyclic) bond motifs is 2. The zero-order chi connectivity index (χ0) is 20.9. The molecule has 0 spiro atoms. The highest BCUT2D eigenvalue weighted by molar-refractivity contribution is 5.82. The number of nitrogens with zero attached hydrogens (tertiary/aromatic N) is 2.